The van der Waals surface area contributed by atoms with E-state index in [2.05, 4.69) is 22.0 Å². The van der Waals surface area contributed by atoms with Gasteiger partial charge in [0.1, 0.15) is 11.5 Å². The van der Waals surface area contributed by atoms with Gasteiger partial charge in [-0.15, -0.1) is 11.3 Å². The van der Waals surface area contributed by atoms with Crippen molar-refractivity contribution in [2.24, 2.45) is 5.73 Å². The third-order valence-corrected chi connectivity index (χ3v) is 4.53. The summed E-state index contributed by atoms with van der Waals surface area (Å²) in [7, 11) is 3.29. The zero-order valence-corrected chi connectivity index (χ0v) is 13.3. The first-order valence-corrected chi connectivity index (χ1v) is 7.47. The van der Waals surface area contributed by atoms with Crippen molar-refractivity contribution in [2.45, 2.75) is 12.5 Å². The first-order valence-electron chi connectivity index (χ1n) is 5.86. The van der Waals surface area contributed by atoms with E-state index in [9.17, 15) is 0 Å². The maximum absolute atomic E-state index is 6.32. The van der Waals surface area contributed by atoms with E-state index in [4.69, 9.17) is 15.2 Å². The van der Waals surface area contributed by atoms with E-state index in [1.54, 1.807) is 25.6 Å². The molecule has 0 aliphatic rings. The van der Waals surface area contributed by atoms with E-state index in [1.807, 2.05) is 24.3 Å². The lowest BCUT2D eigenvalue weighted by molar-refractivity contribution is 0.379. The van der Waals surface area contributed by atoms with Crippen LogP contribution in [-0.4, -0.2) is 14.2 Å². The molecule has 0 aliphatic carbocycles. The molecule has 5 heteroatoms. The zero-order valence-electron chi connectivity index (χ0n) is 10.9. The number of thiophene rings is 1. The van der Waals surface area contributed by atoms with Crippen molar-refractivity contribution in [2.75, 3.05) is 14.2 Å². The molecule has 102 valence electrons. The summed E-state index contributed by atoms with van der Waals surface area (Å²) in [4.78, 5) is 1.23. The van der Waals surface area contributed by atoms with Gasteiger partial charge in [0.25, 0.3) is 0 Å². The quantitative estimate of drug-likeness (QED) is 0.900. The molecule has 1 atom stereocenters. The molecule has 19 heavy (non-hydrogen) atoms. The van der Waals surface area contributed by atoms with Gasteiger partial charge in [-0.25, -0.2) is 0 Å². The number of ether oxygens (including phenoxy) is 2. The van der Waals surface area contributed by atoms with Gasteiger partial charge in [-0.05, 0) is 40.2 Å². The lowest BCUT2D eigenvalue weighted by Gasteiger charge is -2.18. The molecule has 0 radical (unpaired) electrons. The minimum atomic E-state index is -0.156. The van der Waals surface area contributed by atoms with Crippen LogP contribution in [0.25, 0.3) is 0 Å². The third kappa shape index (κ3) is 3.29. The summed E-state index contributed by atoms with van der Waals surface area (Å²) in [5, 5.41) is 0. The molecule has 0 saturated carbocycles. The van der Waals surface area contributed by atoms with Crippen molar-refractivity contribution in [1.29, 1.82) is 0 Å². The Morgan fingerprint density at radius 3 is 2.26 bits per heavy atom. The van der Waals surface area contributed by atoms with Gasteiger partial charge in [-0.1, -0.05) is 6.07 Å². The number of halogens is 1. The summed E-state index contributed by atoms with van der Waals surface area (Å²) >= 11 is 5.16. The molecule has 0 aliphatic heterocycles. The Hall–Kier alpha value is -1.04. The Bertz CT molecular complexity index is 534. The fourth-order valence-electron chi connectivity index (χ4n) is 2.03. The van der Waals surface area contributed by atoms with Gasteiger partial charge in [-0.3, -0.25) is 0 Å². The first kappa shape index (κ1) is 14.4. The summed E-state index contributed by atoms with van der Waals surface area (Å²) in [5.41, 5.74) is 7.23. The number of rotatable bonds is 5. The van der Waals surface area contributed by atoms with Crippen molar-refractivity contribution < 1.29 is 9.47 Å². The van der Waals surface area contributed by atoms with Gasteiger partial charge in [0.05, 0.1) is 23.6 Å². The first-order chi connectivity index (χ1) is 9.15. The molecule has 3 nitrogen and oxygen atoms in total. The number of methoxy groups -OCH3 is 2. The molecule has 0 spiro atoms. The summed E-state index contributed by atoms with van der Waals surface area (Å²) in [6.45, 7) is 0. The van der Waals surface area contributed by atoms with Crippen LogP contribution < -0.4 is 15.2 Å². The second-order valence-corrected chi connectivity index (χ2v) is 6.64. The number of nitrogens with two attached hydrogens (primary N) is 1. The largest absolute Gasteiger partial charge is 0.496 e. The molecule has 0 bridgehead atoms. The Labute approximate surface area is 125 Å². The Balaban J connectivity index is 2.29. The van der Waals surface area contributed by atoms with Crippen molar-refractivity contribution in [3.8, 4) is 11.5 Å². The number of hydrogen-bond acceptors (Lipinski definition) is 4. The molecule has 2 N–H and O–H groups in total. The Morgan fingerprint density at radius 2 is 1.79 bits per heavy atom. The maximum Gasteiger partial charge on any atom is 0.127 e. The van der Waals surface area contributed by atoms with E-state index in [-0.39, 0.29) is 6.04 Å². The van der Waals surface area contributed by atoms with Gasteiger partial charge >= 0.3 is 0 Å². The molecule has 0 fully saturated rings. The van der Waals surface area contributed by atoms with Crippen LogP contribution in [0.4, 0.5) is 0 Å². The van der Waals surface area contributed by atoms with Crippen LogP contribution in [0.15, 0.2) is 34.1 Å². The van der Waals surface area contributed by atoms with E-state index >= 15 is 0 Å². The van der Waals surface area contributed by atoms with E-state index < -0.39 is 0 Å². The van der Waals surface area contributed by atoms with E-state index in [0.29, 0.717) is 0 Å². The van der Waals surface area contributed by atoms with Crippen LogP contribution >= 0.6 is 27.3 Å². The molecular weight excluding hydrogens is 326 g/mol. The van der Waals surface area contributed by atoms with E-state index in [1.165, 1.54) is 4.88 Å². The van der Waals surface area contributed by atoms with Crippen molar-refractivity contribution in [1.82, 2.24) is 0 Å². The monoisotopic (exact) mass is 341 g/mol. The smallest absolute Gasteiger partial charge is 0.127 e. The number of benzene rings is 1. The second kappa shape index (κ2) is 6.41. The SMILES string of the molecule is COc1cccc(OC)c1C(N)Cc1ccc(Br)s1. The van der Waals surface area contributed by atoms with Gasteiger partial charge in [0.2, 0.25) is 0 Å². The third-order valence-electron chi connectivity index (χ3n) is 2.89. The molecule has 0 saturated heterocycles. The zero-order chi connectivity index (χ0) is 13.8. The minimum Gasteiger partial charge on any atom is -0.496 e. The highest BCUT2D eigenvalue weighted by atomic mass is 79.9. The molecule has 1 heterocycles. The molecule has 0 amide bonds. The highest BCUT2D eigenvalue weighted by Crippen LogP contribution is 2.35. The topological polar surface area (TPSA) is 44.5 Å². The standard InChI is InChI=1S/C14H16BrNO2S/c1-17-11-4-3-5-12(18-2)14(11)10(16)8-9-6-7-13(15)19-9/h3-7,10H,8,16H2,1-2H3. The van der Waals surface area contributed by atoms with Crippen LogP contribution in [0.3, 0.4) is 0 Å². The Kier molecular flexibility index (Phi) is 4.85. The van der Waals surface area contributed by atoms with Crippen LogP contribution in [0, 0.1) is 0 Å². The fraction of sp³-hybridized carbons (Fsp3) is 0.286. The average Bonchev–Trinajstić information content (AvgIpc) is 2.82. The fourth-order valence-corrected chi connectivity index (χ4v) is 3.57. The van der Waals surface area contributed by atoms with Crippen LogP contribution in [0.2, 0.25) is 0 Å². The predicted molar refractivity (Wildman–Crippen MR) is 82.2 cm³/mol. The lowest BCUT2D eigenvalue weighted by atomic mass is 10.0. The average molecular weight is 342 g/mol. The van der Waals surface area contributed by atoms with Crippen molar-refractivity contribution >= 4 is 27.3 Å². The highest BCUT2D eigenvalue weighted by molar-refractivity contribution is 9.11. The van der Waals surface area contributed by atoms with Gasteiger partial charge in [0.15, 0.2) is 0 Å². The maximum atomic E-state index is 6.32. The normalized spacial score (nSPS) is 12.2. The van der Waals surface area contributed by atoms with Gasteiger partial charge in [-0.2, -0.15) is 0 Å². The van der Waals surface area contributed by atoms with Crippen molar-refractivity contribution in [3.05, 3.63) is 44.6 Å². The lowest BCUT2D eigenvalue weighted by Crippen LogP contribution is -2.15. The summed E-state index contributed by atoms with van der Waals surface area (Å²) in [6.07, 6.45) is 0.757. The van der Waals surface area contributed by atoms with Crippen molar-refractivity contribution in [3.63, 3.8) is 0 Å². The Morgan fingerprint density at radius 1 is 1.16 bits per heavy atom. The molecule has 2 rings (SSSR count). The van der Waals surface area contributed by atoms with Gasteiger partial charge in [0, 0.05) is 17.3 Å². The van der Waals surface area contributed by atoms with Crippen LogP contribution in [0.1, 0.15) is 16.5 Å². The summed E-state index contributed by atoms with van der Waals surface area (Å²) in [6, 6.07) is 9.67. The molecule has 1 aromatic heterocycles. The number of hydrogen-bond donors (Lipinski definition) is 1. The summed E-state index contributed by atoms with van der Waals surface area (Å²) < 4.78 is 11.9. The predicted octanol–water partition coefficient (Wildman–Crippen LogP) is 3.77. The van der Waals surface area contributed by atoms with Crippen LogP contribution in [-0.2, 0) is 6.42 Å². The second-order valence-electron chi connectivity index (χ2n) is 4.09. The molecule has 1 aromatic carbocycles. The van der Waals surface area contributed by atoms with E-state index in [0.717, 1.165) is 27.3 Å². The molecule has 2 aromatic rings. The summed E-state index contributed by atoms with van der Waals surface area (Å²) in [5.74, 6) is 1.53. The highest BCUT2D eigenvalue weighted by Gasteiger charge is 2.18. The molecule has 1 unspecified atom stereocenters. The molecular formula is C14H16BrNO2S. The van der Waals surface area contributed by atoms with Gasteiger partial charge < -0.3 is 15.2 Å². The minimum absolute atomic E-state index is 0.156. The van der Waals surface area contributed by atoms with Crippen LogP contribution in [0.5, 0.6) is 11.5 Å².